The van der Waals surface area contributed by atoms with E-state index >= 15 is 0 Å². The quantitative estimate of drug-likeness (QED) is 0.628. The third-order valence-corrected chi connectivity index (χ3v) is 3.65. The second-order valence-corrected chi connectivity index (χ2v) is 5.26. The molecule has 1 aromatic rings. The Labute approximate surface area is 147 Å². The van der Waals surface area contributed by atoms with Gasteiger partial charge in [0.05, 0.1) is 21.3 Å². The summed E-state index contributed by atoms with van der Waals surface area (Å²) >= 11 is 0. The highest BCUT2D eigenvalue weighted by molar-refractivity contribution is 5.83. The molecule has 1 rings (SSSR count). The van der Waals surface area contributed by atoms with Crippen molar-refractivity contribution in [1.82, 2.24) is 5.32 Å². The van der Waals surface area contributed by atoms with Gasteiger partial charge in [-0.1, -0.05) is 18.2 Å². The molecule has 0 spiro atoms. The number of carboxylic acid groups (broad SMARTS) is 1. The molecule has 0 saturated carbocycles. The predicted molar refractivity (Wildman–Crippen MR) is 93.4 cm³/mol. The molecule has 0 aliphatic carbocycles. The number of carboxylic acids is 1. The maximum Gasteiger partial charge on any atom is 0.326 e. The Hall–Kier alpha value is -2.70. The van der Waals surface area contributed by atoms with E-state index in [9.17, 15) is 9.59 Å². The van der Waals surface area contributed by atoms with Crippen molar-refractivity contribution in [3.05, 3.63) is 29.8 Å². The monoisotopic (exact) mass is 351 g/mol. The fraction of sp³-hybridized carbons (Fsp3) is 0.444. The number of amides is 1. The van der Waals surface area contributed by atoms with Crippen LogP contribution < -0.4 is 19.5 Å². The molecule has 1 unspecified atom stereocenters. The predicted octanol–water partition coefficient (Wildman–Crippen LogP) is 2.18. The first-order chi connectivity index (χ1) is 12.0. The third-order valence-electron chi connectivity index (χ3n) is 3.65. The maximum atomic E-state index is 12.1. The van der Waals surface area contributed by atoms with Crippen molar-refractivity contribution in [2.45, 2.75) is 32.2 Å². The minimum atomic E-state index is -1.06. The molecule has 0 bridgehead atoms. The fourth-order valence-corrected chi connectivity index (χ4v) is 2.37. The summed E-state index contributed by atoms with van der Waals surface area (Å²) in [6.45, 7) is 1.80. The number of hydrogen-bond acceptors (Lipinski definition) is 5. The Morgan fingerprint density at radius 2 is 1.84 bits per heavy atom. The van der Waals surface area contributed by atoms with Crippen LogP contribution in [0.1, 0.15) is 25.3 Å². The van der Waals surface area contributed by atoms with E-state index in [0.29, 0.717) is 23.7 Å². The summed E-state index contributed by atoms with van der Waals surface area (Å²) < 4.78 is 15.9. The van der Waals surface area contributed by atoms with Gasteiger partial charge in [-0.25, -0.2) is 4.79 Å². The lowest BCUT2D eigenvalue weighted by molar-refractivity contribution is -0.141. The van der Waals surface area contributed by atoms with Crippen molar-refractivity contribution in [3.63, 3.8) is 0 Å². The van der Waals surface area contributed by atoms with Crippen LogP contribution in [0.2, 0.25) is 0 Å². The third kappa shape index (κ3) is 5.70. The van der Waals surface area contributed by atoms with Crippen molar-refractivity contribution in [2.75, 3.05) is 21.3 Å². The van der Waals surface area contributed by atoms with Gasteiger partial charge in [0, 0.05) is 6.42 Å². The summed E-state index contributed by atoms with van der Waals surface area (Å²) in [6, 6.07) is 2.60. The molecule has 0 aliphatic heterocycles. The summed E-state index contributed by atoms with van der Waals surface area (Å²) in [5.41, 5.74) is 0.774. The van der Waals surface area contributed by atoms with Gasteiger partial charge in [-0.2, -0.15) is 0 Å². The molecule has 1 atom stereocenters. The van der Waals surface area contributed by atoms with Crippen LogP contribution in [0.5, 0.6) is 17.2 Å². The van der Waals surface area contributed by atoms with Gasteiger partial charge in [0.1, 0.15) is 6.04 Å². The van der Waals surface area contributed by atoms with Crippen LogP contribution in [0, 0.1) is 0 Å². The summed E-state index contributed by atoms with van der Waals surface area (Å²) in [5.74, 6) is 0.0893. The fourth-order valence-electron chi connectivity index (χ4n) is 2.37. The molecule has 0 aliphatic rings. The van der Waals surface area contributed by atoms with Gasteiger partial charge < -0.3 is 24.6 Å². The molecule has 0 fully saturated rings. The van der Waals surface area contributed by atoms with Gasteiger partial charge in [-0.15, -0.1) is 0 Å². The Kier molecular flexibility index (Phi) is 8.32. The highest BCUT2D eigenvalue weighted by Crippen LogP contribution is 2.40. The van der Waals surface area contributed by atoms with E-state index < -0.39 is 12.0 Å². The standard InChI is InChI=1S/C18H25NO6/c1-5-6-7-13(18(21)22)19-15(20)11-9-12-8-10-14(23-2)17(25-4)16(12)24-3/h5-6,8,10,13H,7,9,11H2,1-4H3,(H,19,20)(H,21,22)/b6-5+. The van der Waals surface area contributed by atoms with Crippen molar-refractivity contribution >= 4 is 11.9 Å². The molecule has 0 saturated heterocycles. The topological polar surface area (TPSA) is 94.1 Å². The van der Waals surface area contributed by atoms with E-state index in [1.54, 1.807) is 31.2 Å². The number of benzene rings is 1. The Balaban J connectivity index is 2.80. The lowest BCUT2D eigenvalue weighted by atomic mass is 10.1. The molecule has 1 aromatic carbocycles. The first-order valence-electron chi connectivity index (χ1n) is 7.89. The Morgan fingerprint density at radius 3 is 2.36 bits per heavy atom. The van der Waals surface area contributed by atoms with Crippen LogP contribution in [0.15, 0.2) is 24.3 Å². The zero-order chi connectivity index (χ0) is 18.8. The maximum absolute atomic E-state index is 12.1. The van der Waals surface area contributed by atoms with E-state index in [0.717, 1.165) is 5.56 Å². The van der Waals surface area contributed by atoms with Gasteiger partial charge in [0.15, 0.2) is 11.5 Å². The highest BCUT2D eigenvalue weighted by Gasteiger charge is 2.20. The molecule has 7 heteroatoms. The van der Waals surface area contributed by atoms with Gasteiger partial charge in [-0.3, -0.25) is 4.79 Å². The average molecular weight is 351 g/mol. The average Bonchev–Trinajstić information content (AvgIpc) is 2.61. The van der Waals surface area contributed by atoms with E-state index in [1.165, 1.54) is 21.3 Å². The first-order valence-corrected chi connectivity index (χ1v) is 7.89. The largest absolute Gasteiger partial charge is 0.493 e. The summed E-state index contributed by atoms with van der Waals surface area (Å²) in [4.78, 5) is 23.2. The number of aliphatic carboxylic acids is 1. The minimum Gasteiger partial charge on any atom is -0.493 e. The first kappa shape index (κ1) is 20.3. The van der Waals surface area contributed by atoms with Crippen molar-refractivity contribution in [1.29, 1.82) is 0 Å². The number of methoxy groups -OCH3 is 3. The molecular formula is C18H25NO6. The van der Waals surface area contributed by atoms with E-state index in [2.05, 4.69) is 5.32 Å². The minimum absolute atomic E-state index is 0.130. The van der Waals surface area contributed by atoms with E-state index in [-0.39, 0.29) is 18.7 Å². The lowest BCUT2D eigenvalue weighted by Gasteiger charge is -2.16. The number of carbonyl (C=O) groups excluding carboxylic acids is 1. The summed E-state index contributed by atoms with van der Waals surface area (Å²) in [5, 5.41) is 11.7. The number of allylic oxidation sites excluding steroid dienone is 1. The summed E-state index contributed by atoms with van der Waals surface area (Å²) in [6.07, 6.45) is 4.21. The van der Waals surface area contributed by atoms with Crippen LogP contribution in [0.4, 0.5) is 0 Å². The smallest absolute Gasteiger partial charge is 0.326 e. The molecule has 1 amide bonds. The number of hydrogen-bond donors (Lipinski definition) is 2. The number of rotatable bonds is 10. The van der Waals surface area contributed by atoms with Crippen molar-refractivity contribution in [3.8, 4) is 17.2 Å². The van der Waals surface area contributed by atoms with Crippen molar-refractivity contribution < 1.29 is 28.9 Å². The molecule has 2 N–H and O–H groups in total. The summed E-state index contributed by atoms with van der Waals surface area (Å²) in [7, 11) is 4.55. The Morgan fingerprint density at radius 1 is 1.16 bits per heavy atom. The molecule has 25 heavy (non-hydrogen) atoms. The molecule has 0 radical (unpaired) electrons. The zero-order valence-electron chi connectivity index (χ0n) is 15.0. The van der Waals surface area contributed by atoms with Gasteiger partial charge in [-0.05, 0) is 31.4 Å². The number of ether oxygens (including phenoxy) is 3. The SMILES string of the molecule is C/C=C/CC(NC(=O)CCc1ccc(OC)c(OC)c1OC)C(=O)O. The second kappa shape index (κ2) is 10.2. The lowest BCUT2D eigenvalue weighted by Crippen LogP contribution is -2.40. The Bertz CT molecular complexity index is 626. The highest BCUT2D eigenvalue weighted by atomic mass is 16.5. The molecule has 138 valence electrons. The van der Waals surface area contributed by atoms with Crippen LogP contribution in [0.25, 0.3) is 0 Å². The molecule has 7 nitrogen and oxygen atoms in total. The zero-order valence-corrected chi connectivity index (χ0v) is 15.0. The normalized spacial score (nSPS) is 11.8. The van der Waals surface area contributed by atoms with Crippen LogP contribution >= 0.6 is 0 Å². The van der Waals surface area contributed by atoms with Gasteiger partial charge in [0.2, 0.25) is 11.7 Å². The van der Waals surface area contributed by atoms with Crippen LogP contribution in [-0.2, 0) is 16.0 Å². The van der Waals surface area contributed by atoms with E-state index in [1.807, 2.05) is 0 Å². The van der Waals surface area contributed by atoms with Crippen LogP contribution in [0.3, 0.4) is 0 Å². The number of carbonyl (C=O) groups is 2. The van der Waals surface area contributed by atoms with Crippen molar-refractivity contribution in [2.24, 2.45) is 0 Å². The van der Waals surface area contributed by atoms with Gasteiger partial charge >= 0.3 is 5.97 Å². The van der Waals surface area contributed by atoms with Crippen LogP contribution in [-0.4, -0.2) is 44.4 Å². The molecular weight excluding hydrogens is 326 g/mol. The second-order valence-electron chi connectivity index (χ2n) is 5.26. The molecule has 0 heterocycles. The van der Waals surface area contributed by atoms with Gasteiger partial charge in [0.25, 0.3) is 0 Å². The number of aryl methyl sites for hydroxylation is 1. The number of nitrogens with one attached hydrogen (secondary N) is 1. The molecule has 0 aromatic heterocycles. The van der Waals surface area contributed by atoms with E-state index in [4.69, 9.17) is 19.3 Å².